The van der Waals surface area contributed by atoms with E-state index in [0.29, 0.717) is 0 Å². The Morgan fingerprint density at radius 3 is 1.41 bits per heavy atom. The van der Waals surface area contributed by atoms with E-state index in [1.165, 1.54) is 81.7 Å². The van der Waals surface area contributed by atoms with Crippen molar-refractivity contribution in [3.05, 3.63) is 206 Å². The molecule has 0 saturated carbocycles. The van der Waals surface area contributed by atoms with E-state index in [0.717, 1.165) is 17.1 Å². The van der Waals surface area contributed by atoms with E-state index in [-0.39, 0.29) is 0 Å². The van der Waals surface area contributed by atoms with Gasteiger partial charge in [0.25, 0.3) is 0 Å². The van der Waals surface area contributed by atoms with Crippen LogP contribution in [0.15, 0.2) is 206 Å². The number of aromatic nitrogens is 1. The van der Waals surface area contributed by atoms with Gasteiger partial charge in [-0.05, 0) is 91.8 Å². The molecule has 1 aromatic heterocycles. The SMILES string of the molecule is c1ccc(N(c2ccc3c4ccccc4c4ccccc4c3c2)c2ccc(-c3ccccc3-n3c4ccccc4c4ccccc43)c3ccccc23)cc1. The number of nitrogens with zero attached hydrogens (tertiary/aromatic N) is 2. The lowest BCUT2D eigenvalue weighted by molar-refractivity contribution is 1.18. The third-order valence-electron chi connectivity index (χ3n) is 11.2. The van der Waals surface area contributed by atoms with Crippen LogP contribution in [0.1, 0.15) is 0 Å². The summed E-state index contributed by atoms with van der Waals surface area (Å²) in [4.78, 5) is 2.42. The molecule has 252 valence electrons. The summed E-state index contributed by atoms with van der Waals surface area (Å²) in [5.74, 6) is 0. The summed E-state index contributed by atoms with van der Waals surface area (Å²) in [7, 11) is 0. The minimum atomic E-state index is 1.12. The van der Waals surface area contributed by atoms with Crippen molar-refractivity contribution >= 4 is 82.0 Å². The Labute approximate surface area is 313 Å². The predicted octanol–water partition coefficient (Wildman–Crippen LogP) is 14.5. The van der Waals surface area contributed by atoms with Crippen LogP contribution in [-0.4, -0.2) is 4.57 Å². The van der Waals surface area contributed by atoms with Crippen LogP contribution >= 0.6 is 0 Å². The number of para-hydroxylation sites is 4. The van der Waals surface area contributed by atoms with Gasteiger partial charge in [-0.25, -0.2) is 0 Å². The second kappa shape index (κ2) is 12.2. The molecule has 11 rings (SSSR count). The number of benzene rings is 10. The predicted molar refractivity (Wildman–Crippen MR) is 231 cm³/mol. The number of fused-ring (bicyclic) bond motifs is 10. The van der Waals surface area contributed by atoms with Crippen LogP contribution in [0, 0.1) is 0 Å². The van der Waals surface area contributed by atoms with Gasteiger partial charge in [0.15, 0.2) is 0 Å². The fourth-order valence-corrected chi connectivity index (χ4v) is 8.83. The average molecular weight is 687 g/mol. The molecule has 1 heterocycles. The molecule has 0 radical (unpaired) electrons. The molecular weight excluding hydrogens is 653 g/mol. The molecule has 0 aliphatic rings. The molecule has 54 heavy (non-hydrogen) atoms. The number of rotatable bonds is 5. The zero-order chi connectivity index (χ0) is 35.6. The van der Waals surface area contributed by atoms with Gasteiger partial charge >= 0.3 is 0 Å². The zero-order valence-corrected chi connectivity index (χ0v) is 29.5. The second-order valence-corrected chi connectivity index (χ2v) is 14.1. The third-order valence-corrected chi connectivity index (χ3v) is 11.2. The van der Waals surface area contributed by atoms with Crippen LogP contribution in [0.2, 0.25) is 0 Å². The fourth-order valence-electron chi connectivity index (χ4n) is 8.83. The lowest BCUT2D eigenvalue weighted by Gasteiger charge is -2.28. The number of anilines is 3. The summed E-state index contributed by atoms with van der Waals surface area (Å²) in [6.07, 6.45) is 0. The summed E-state index contributed by atoms with van der Waals surface area (Å²) in [5.41, 5.74) is 9.36. The highest BCUT2D eigenvalue weighted by Gasteiger charge is 2.21. The molecule has 0 fully saturated rings. The molecule has 2 nitrogen and oxygen atoms in total. The van der Waals surface area contributed by atoms with E-state index in [1.807, 2.05) is 0 Å². The van der Waals surface area contributed by atoms with E-state index in [1.54, 1.807) is 0 Å². The van der Waals surface area contributed by atoms with Crippen LogP contribution in [0.25, 0.3) is 81.7 Å². The zero-order valence-electron chi connectivity index (χ0n) is 29.5. The van der Waals surface area contributed by atoms with Crippen molar-refractivity contribution in [3.8, 4) is 16.8 Å². The first-order chi connectivity index (χ1) is 26.8. The first-order valence-electron chi connectivity index (χ1n) is 18.6. The van der Waals surface area contributed by atoms with Crippen LogP contribution in [0.5, 0.6) is 0 Å². The first kappa shape index (κ1) is 30.5. The Morgan fingerprint density at radius 1 is 0.278 bits per heavy atom. The Balaban J connectivity index is 1.15. The second-order valence-electron chi connectivity index (χ2n) is 14.1. The van der Waals surface area contributed by atoms with Crippen LogP contribution in [-0.2, 0) is 0 Å². The van der Waals surface area contributed by atoms with Gasteiger partial charge in [-0.2, -0.15) is 0 Å². The van der Waals surface area contributed by atoms with Gasteiger partial charge in [0, 0.05) is 33.1 Å². The van der Waals surface area contributed by atoms with Gasteiger partial charge in [0.1, 0.15) is 0 Å². The summed E-state index contributed by atoms with van der Waals surface area (Å²) >= 11 is 0. The largest absolute Gasteiger partial charge is 0.310 e. The Kier molecular flexibility index (Phi) is 6.90. The summed E-state index contributed by atoms with van der Waals surface area (Å²) in [6, 6.07) is 75.2. The van der Waals surface area contributed by atoms with Crippen molar-refractivity contribution in [2.24, 2.45) is 0 Å². The molecule has 0 amide bonds. The van der Waals surface area contributed by atoms with Crippen LogP contribution < -0.4 is 4.90 Å². The van der Waals surface area contributed by atoms with Crippen molar-refractivity contribution in [2.75, 3.05) is 4.90 Å². The summed E-state index contributed by atoms with van der Waals surface area (Å²) in [6.45, 7) is 0. The lowest BCUT2D eigenvalue weighted by Crippen LogP contribution is -2.10. The minimum Gasteiger partial charge on any atom is -0.310 e. The highest BCUT2D eigenvalue weighted by atomic mass is 15.1. The quantitative estimate of drug-likeness (QED) is 0.164. The lowest BCUT2D eigenvalue weighted by atomic mass is 9.93. The molecule has 11 aromatic rings. The first-order valence-corrected chi connectivity index (χ1v) is 18.6. The average Bonchev–Trinajstić information content (AvgIpc) is 3.58. The maximum Gasteiger partial charge on any atom is 0.0541 e. The topological polar surface area (TPSA) is 8.17 Å². The normalized spacial score (nSPS) is 11.7. The van der Waals surface area contributed by atoms with Gasteiger partial charge in [-0.3, -0.25) is 0 Å². The van der Waals surface area contributed by atoms with Crippen molar-refractivity contribution in [1.29, 1.82) is 0 Å². The van der Waals surface area contributed by atoms with Crippen molar-refractivity contribution in [1.82, 2.24) is 4.57 Å². The van der Waals surface area contributed by atoms with Gasteiger partial charge in [-0.15, -0.1) is 0 Å². The van der Waals surface area contributed by atoms with Gasteiger partial charge < -0.3 is 9.47 Å². The minimum absolute atomic E-state index is 1.12. The molecular formula is C52H34N2. The fraction of sp³-hybridized carbons (Fsp3) is 0. The molecule has 0 saturated heterocycles. The van der Waals surface area contributed by atoms with Gasteiger partial charge in [-0.1, -0.05) is 158 Å². The molecule has 0 unspecified atom stereocenters. The van der Waals surface area contributed by atoms with Crippen LogP contribution in [0.3, 0.4) is 0 Å². The Bertz CT molecular complexity index is 3140. The van der Waals surface area contributed by atoms with Crippen molar-refractivity contribution < 1.29 is 0 Å². The van der Waals surface area contributed by atoms with Gasteiger partial charge in [0.2, 0.25) is 0 Å². The van der Waals surface area contributed by atoms with E-state index < -0.39 is 0 Å². The van der Waals surface area contributed by atoms with E-state index in [9.17, 15) is 0 Å². The highest BCUT2D eigenvalue weighted by Crippen LogP contribution is 2.45. The maximum atomic E-state index is 2.43. The molecule has 0 bridgehead atoms. The Morgan fingerprint density at radius 2 is 0.759 bits per heavy atom. The van der Waals surface area contributed by atoms with Crippen molar-refractivity contribution in [2.45, 2.75) is 0 Å². The monoisotopic (exact) mass is 686 g/mol. The molecule has 0 aliphatic carbocycles. The molecule has 0 aliphatic heterocycles. The molecule has 0 atom stereocenters. The van der Waals surface area contributed by atoms with Crippen molar-refractivity contribution in [3.63, 3.8) is 0 Å². The van der Waals surface area contributed by atoms with Crippen LogP contribution in [0.4, 0.5) is 17.1 Å². The summed E-state index contributed by atoms with van der Waals surface area (Å²) in [5, 5.41) is 12.6. The standard InChI is InChI=1S/C52H34N2/c1-2-16-35(17-3-1)53(36-30-31-43-39-20-5-4-18-37(39)38-19-6-7-22-41(38)48(43)34-36)52-33-32-42(40-21-8-9-23-44(40)52)45-24-10-13-27-49(45)54-50-28-14-11-25-46(50)47-26-12-15-29-51(47)54/h1-34H. The third kappa shape index (κ3) is 4.60. The van der Waals surface area contributed by atoms with Gasteiger partial charge in [0.05, 0.1) is 22.4 Å². The smallest absolute Gasteiger partial charge is 0.0541 e. The number of hydrogen-bond donors (Lipinski definition) is 0. The highest BCUT2D eigenvalue weighted by molar-refractivity contribution is 6.26. The van der Waals surface area contributed by atoms with E-state index >= 15 is 0 Å². The molecule has 10 aromatic carbocycles. The maximum absolute atomic E-state index is 2.43. The van der Waals surface area contributed by atoms with E-state index in [2.05, 4.69) is 216 Å². The molecule has 0 spiro atoms. The summed E-state index contributed by atoms with van der Waals surface area (Å²) < 4.78 is 2.43. The molecule has 2 heteroatoms. The Hall–Kier alpha value is -7.16. The van der Waals surface area contributed by atoms with E-state index in [4.69, 9.17) is 0 Å². The molecule has 0 N–H and O–H groups in total. The number of hydrogen-bond acceptors (Lipinski definition) is 1.